The molecule has 116 valence electrons. The van der Waals surface area contributed by atoms with Gasteiger partial charge in [0.15, 0.2) is 0 Å². The summed E-state index contributed by atoms with van der Waals surface area (Å²) in [7, 11) is 1.81. The van der Waals surface area contributed by atoms with Gasteiger partial charge in [0.05, 0.1) is 5.69 Å². The Morgan fingerprint density at radius 1 is 1.33 bits per heavy atom. The molecule has 4 nitrogen and oxygen atoms in total. The Morgan fingerprint density at radius 2 is 2.00 bits per heavy atom. The van der Waals surface area contributed by atoms with E-state index < -0.39 is 0 Å². The van der Waals surface area contributed by atoms with Crippen LogP contribution in [0.5, 0.6) is 0 Å². The number of amides is 1. The molecule has 0 radical (unpaired) electrons. The lowest BCUT2D eigenvalue weighted by Gasteiger charge is -2.32. The van der Waals surface area contributed by atoms with Gasteiger partial charge in [-0.2, -0.15) is 0 Å². The molecular weight excluding hydrogens is 330 g/mol. The molecule has 1 aromatic rings. The van der Waals surface area contributed by atoms with Gasteiger partial charge in [0.2, 0.25) is 5.91 Å². The fourth-order valence-corrected chi connectivity index (χ4v) is 3.35. The van der Waals surface area contributed by atoms with Gasteiger partial charge in [0.1, 0.15) is 6.04 Å². The molecular formula is C16H24BrN3O. The second kappa shape index (κ2) is 6.36. The normalized spacial score (nSPS) is 17.3. The van der Waals surface area contributed by atoms with Crippen molar-refractivity contribution in [2.45, 2.75) is 39.8 Å². The summed E-state index contributed by atoms with van der Waals surface area (Å²) in [4.78, 5) is 14.3. The van der Waals surface area contributed by atoms with Crippen molar-refractivity contribution in [2.24, 2.45) is 5.92 Å². The van der Waals surface area contributed by atoms with Crippen molar-refractivity contribution in [3.8, 4) is 0 Å². The molecule has 1 atom stereocenters. The molecule has 2 rings (SSSR count). The number of carbonyl (C=O) groups excluding carboxylic acids is 1. The summed E-state index contributed by atoms with van der Waals surface area (Å²) in [5.41, 5.74) is 3.05. The maximum atomic E-state index is 12.0. The van der Waals surface area contributed by atoms with Crippen molar-refractivity contribution in [2.75, 3.05) is 23.8 Å². The Bertz CT molecular complexity index is 543. The molecule has 1 aliphatic heterocycles. The number of carbonyl (C=O) groups is 1. The number of rotatable bonds is 5. The molecule has 0 saturated heterocycles. The van der Waals surface area contributed by atoms with E-state index in [1.165, 1.54) is 0 Å². The number of hydrogen-bond donors (Lipinski definition) is 2. The molecule has 21 heavy (non-hydrogen) atoms. The van der Waals surface area contributed by atoms with Gasteiger partial charge >= 0.3 is 0 Å². The van der Waals surface area contributed by atoms with E-state index in [4.69, 9.17) is 0 Å². The summed E-state index contributed by atoms with van der Waals surface area (Å²) in [6, 6.07) is 4.28. The minimum atomic E-state index is -0.261. The SMILES string of the molecule is CNC1C(=O)Nc2cc(N(CC(C)C)C(C)C)c(Br)cc21. The molecule has 0 saturated carbocycles. The van der Waals surface area contributed by atoms with Crippen LogP contribution in [-0.2, 0) is 4.79 Å². The maximum Gasteiger partial charge on any atom is 0.246 e. The summed E-state index contributed by atoms with van der Waals surface area (Å²) in [6.45, 7) is 9.80. The van der Waals surface area contributed by atoms with Crippen LogP contribution in [0, 0.1) is 5.92 Å². The summed E-state index contributed by atoms with van der Waals surface area (Å²) < 4.78 is 1.03. The zero-order valence-corrected chi connectivity index (χ0v) is 14.9. The van der Waals surface area contributed by atoms with Gasteiger partial charge < -0.3 is 15.5 Å². The zero-order valence-electron chi connectivity index (χ0n) is 13.3. The van der Waals surface area contributed by atoms with E-state index in [2.05, 4.69) is 71.3 Å². The topological polar surface area (TPSA) is 44.4 Å². The van der Waals surface area contributed by atoms with E-state index in [0.29, 0.717) is 12.0 Å². The molecule has 1 aromatic carbocycles. The number of halogens is 1. The van der Waals surface area contributed by atoms with Crippen molar-refractivity contribution in [3.05, 3.63) is 22.2 Å². The van der Waals surface area contributed by atoms with Crippen LogP contribution in [-0.4, -0.2) is 25.5 Å². The van der Waals surface area contributed by atoms with Crippen molar-refractivity contribution in [1.29, 1.82) is 0 Å². The third kappa shape index (κ3) is 3.24. The molecule has 1 aliphatic rings. The van der Waals surface area contributed by atoms with E-state index in [1.807, 2.05) is 0 Å². The first-order valence-corrected chi connectivity index (χ1v) is 8.22. The largest absolute Gasteiger partial charge is 0.368 e. The lowest BCUT2D eigenvalue weighted by molar-refractivity contribution is -0.117. The van der Waals surface area contributed by atoms with E-state index in [0.717, 1.165) is 28.0 Å². The van der Waals surface area contributed by atoms with Crippen LogP contribution in [0.4, 0.5) is 11.4 Å². The van der Waals surface area contributed by atoms with E-state index >= 15 is 0 Å². The monoisotopic (exact) mass is 353 g/mol. The maximum absolute atomic E-state index is 12.0. The van der Waals surface area contributed by atoms with Gasteiger partial charge in [0, 0.05) is 28.3 Å². The lowest BCUT2D eigenvalue weighted by Crippen LogP contribution is -2.34. The highest BCUT2D eigenvalue weighted by Crippen LogP contribution is 2.39. The first kappa shape index (κ1) is 16.3. The first-order valence-electron chi connectivity index (χ1n) is 7.43. The summed E-state index contributed by atoms with van der Waals surface area (Å²) in [5.74, 6) is 0.587. The number of anilines is 2. The van der Waals surface area contributed by atoms with Crippen LogP contribution in [0.2, 0.25) is 0 Å². The summed E-state index contributed by atoms with van der Waals surface area (Å²) in [6.07, 6.45) is 0. The first-order chi connectivity index (χ1) is 9.85. The van der Waals surface area contributed by atoms with Crippen LogP contribution >= 0.6 is 15.9 Å². The summed E-state index contributed by atoms with van der Waals surface area (Å²) >= 11 is 3.68. The number of benzene rings is 1. The van der Waals surface area contributed by atoms with Gasteiger partial charge in [0.25, 0.3) is 0 Å². The fraction of sp³-hybridized carbons (Fsp3) is 0.562. The molecule has 0 spiro atoms. The van der Waals surface area contributed by atoms with E-state index in [1.54, 1.807) is 7.05 Å². The number of nitrogens with zero attached hydrogens (tertiary/aromatic N) is 1. The zero-order chi connectivity index (χ0) is 15.7. The predicted octanol–water partition coefficient (Wildman–Crippen LogP) is 3.53. The molecule has 0 aromatic heterocycles. The molecule has 2 N–H and O–H groups in total. The molecule has 5 heteroatoms. The number of nitrogens with one attached hydrogen (secondary N) is 2. The van der Waals surface area contributed by atoms with Crippen molar-refractivity contribution < 1.29 is 4.79 Å². The Morgan fingerprint density at radius 3 is 2.52 bits per heavy atom. The third-order valence-electron chi connectivity index (χ3n) is 3.73. The average Bonchev–Trinajstić information content (AvgIpc) is 2.69. The van der Waals surface area contributed by atoms with Crippen LogP contribution in [0.25, 0.3) is 0 Å². The lowest BCUT2D eigenvalue weighted by atomic mass is 10.1. The highest BCUT2D eigenvalue weighted by molar-refractivity contribution is 9.10. The quantitative estimate of drug-likeness (QED) is 0.850. The standard InChI is InChI=1S/C16H24BrN3O/c1-9(2)8-20(10(3)4)14-7-13-11(6-12(14)17)15(18-5)16(21)19-13/h6-7,9-10,15,18H,8H2,1-5H3,(H,19,21). The number of hydrogen-bond acceptors (Lipinski definition) is 3. The Hall–Kier alpha value is -1.07. The summed E-state index contributed by atoms with van der Waals surface area (Å²) in [5, 5.41) is 6.02. The van der Waals surface area contributed by atoms with Gasteiger partial charge in [-0.1, -0.05) is 13.8 Å². The second-order valence-corrected chi connectivity index (χ2v) is 7.10. The van der Waals surface area contributed by atoms with Gasteiger partial charge in [-0.05, 0) is 54.9 Å². The van der Waals surface area contributed by atoms with Crippen LogP contribution in [0.1, 0.15) is 39.3 Å². The Balaban J connectivity index is 2.43. The molecule has 0 bridgehead atoms. The molecule has 1 heterocycles. The molecule has 1 unspecified atom stereocenters. The van der Waals surface area contributed by atoms with Crippen molar-refractivity contribution >= 4 is 33.2 Å². The van der Waals surface area contributed by atoms with Crippen LogP contribution < -0.4 is 15.5 Å². The highest BCUT2D eigenvalue weighted by Gasteiger charge is 2.31. The van der Waals surface area contributed by atoms with Crippen molar-refractivity contribution in [1.82, 2.24) is 5.32 Å². The smallest absolute Gasteiger partial charge is 0.246 e. The average molecular weight is 354 g/mol. The third-order valence-corrected chi connectivity index (χ3v) is 4.37. The molecule has 0 fully saturated rings. The van der Waals surface area contributed by atoms with E-state index in [9.17, 15) is 4.79 Å². The minimum absolute atomic E-state index is 0.0107. The fourth-order valence-electron chi connectivity index (χ4n) is 2.76. The van der Waals surface area contributed by atoms with Crippen LogP contribution in [0.3, 0.4) is 0 Å². The number of likely N-dealkylation sites (N-methyl/N-ethyl adjacent to an activating group) is 1. The second-order valence-electron chi connectivity index (χ2n) is 6.24. The van der Waals surface area contributed by atoms with Crippen molar-refractivity contribution in [3.63, 3.8) is 0 Å². The molecule has 0 aliphatic carbocycles. The highest BCUT2D eigenvalue weighted by atomic mass is 79.9. The Labute approximate surface area is 135 Å². The van der Waals surface area contributed by atoms with Crippen LogP contribution in [0.15, 0.2) is 16.6 Å². The predicted molar refractivity (Wildman–Crippen MR) is 91.9 cm³/mol. The van der Waals surface area contributed by atoms with E-state index in [-0.39, 0.29) is 11.9 Å². The molecule has 1 amide bonds. The van der Waals surface area contributed by atoms with Gasteiger partial charge in [-0.25, -0.2) is 0 Å². The Kier molecular flexibility index (Phi) is 4.94. The number of fused-ring (bicyclic) bond motifs is 1. The van der Waals surface area contributed by atoms with Gasteiger partial charge in [-0.3, -0.25) is 4.79 Å². The minimum Gasteiger partial charge on any atom is -0.368 e. The van der Waals surface area contributed by atoms with Gasteiger partial charge in [-0.15, -0.1) is 0 Å².